The molecule has 19 heavy (non-hydrogen) atoms. The molecule has 2 N–H and O–H groups in total. The maximum atomic E-state index is 13.0. The van der Waals surface area contributed by atoms with E-state index in [1.54, 1.807) is 13.0 Å². The summed E-state index contributed by atoms with van der Waals surface area (Å²) in [5.74, 6) is -3.20. The van der Waals surface area contributed by atoms with E-state index in [9.17, 15) is 18.9 Å². The van der Waals surface area contributed by atoms with Crippen molar-refractivity contribution in [3.8, 4) is 0 Å². The van der Waals surface area contributed by atoms with Gasteiger partial charge in [0.15, 0.2) is 0 Å². The molecule has 1 unspecified atom stereocenters. The average molecular weight is 274 g/mol. The molecule has 0 saturated heterocycles. The second kappa shape index (κ2) is 6.53. The number of nitrogens with one attached hydrogen (secondary N) is 1. The first-order chi connectivity index (χ1) is 8.89. The number of aliphatic hydroxyl groups excluding tert-OH is 1. The van der Waals surface area contributed by atoms with Crippen molar-refractivity contribution in [1.29, 1.82) is 0 Å². The summed E-state index contributed by atoms with van der Waals surface area (Å²) in [4.78, 5) is 10.1. The summed E-state index contributed by atoms with van der Waals surface area (Å²) in [5.41, 5.74) is 0.497. The van der Waals surface area contributed by atoms with Crippen molar-refractivity contribution in [2.75, 3.05) is 13.2 Å². The summed E-state index contributed by atoms with van der Waals surface area (Å²) in [6, 6.07) is 5.45. The minimum absolute atomic E-state index is 0.0772. The summed E-state index contributed by atoms with van der Waals surface area (Å²) < 4.78 is 25.9. The van der Waals surface area contributed by atoms with Crippen molar-refractivity contribution < 1.29 is 18.8 Å². The third kappa shape index (κ3) is 4.53. The fourth-order valence-corrected chi connectivity index (χ4v) is 1.68. The number of nitrogens with zero attached hydrogens (tertiary/aromatic N) is 1. The van der Waals surface area contributed by atoms with Gasteiger partial charge in [-0.2, -0.15) is 0 Å². The normalized spacial score (nSPS) is 13.3. The molecule has 7 heteroatoms. The topological polar surface area (TPSA) is 75.4 Å². The molecule has 0 fully saturated rings. The molecule has 1 aromatic carbocycles. The first-order valence-corrected chi connectivity index (χ1v) is 5.86. The predicted octanol–water partition coefficient (Wildman–Crippen LogP) is 2.26. The van der Waals surface area contributed by atoms with Crippen LogP contribution in [0.2, 0.25) is 0 Å². The third-order valence-corrected chi connectivity index (χ3v) is 2.73. The van der Waals surface area contributed by atoms with E-state index in [0.29, 0.717) is 12.0 Å². The van der Waals surface area contributed by atoms with Crippen LogP contribution in [0.3, 0.4) is 0 Å². The molecule has 1 aromatic rings. The number of rotatable bonds is 7. The smallest absolute Gasteiger partial charge is 0.282 e. The number of benzene rings is 1. The number of halogens is 2. The molecule has 0 radical (unpaired) electrons. The van der Waals surface area contributed by atoms with Crippen LogP contribution in [-0.2, 0) is 0 Å². The van der Waals surface area contributed by atoms with E-state index < -0.39 is 30.0 Å². The van der Waals surface area contributed by atoms with Gasteiger partial charge in [0.1, 0.15) is 6.61 Å². The lowest BCUT2D eigenvalue weighted by molar-refractivity contribution is -0.384. The zero-order valence-electron chi connectivity index (χ0n) is 10.5. The Labute approximate surface area is 109 Å². The van der Waals surface area contributed by atoms with Crippen molar-refractivity contribution in [3.05, 3.63) is 39.9 Å². The van der Waals surface area contributed by atoms with Crippen LogP contribution in [0.4, 0.5) is 14.5 Å². The first kappa shape index (κ1) is 15.5. The van der Waals surface area contributed by atoms with E-state index in [0.717, 1.165) is 0 Å². The summed E-state index contributed by atoms with van der Waals surface area (Å²) in [6.07, 6.45) is 0.503. The number of hydrogen-bond donors (Lipinski definition) is 2. The maximum absolute atomic E-state index is 13.0. The molecule has 0 aliphatic heterocycles. The molecule has 1 rings (SSSR count). The molecule has 0 amide bonds. The molecule has 0 heterocycles. The lowest BCUT2D eigenvalue weighted by Gasteiger charge is -2.21. The molecule has 1 atom stereocenters. The standard InChI is InChI=1S/C12H16F2N2O3/c1-2-11(15-7-12(13,14)8-17)9-4-3-5-10(6-9)16(18)19/h3-6,11,15,17H,2,7-8H2,1H3. The van der Waals surface area contributed by atoms with Crippen LogP contribution >= 0.6 is 0 Å². The van der Waals surface area contributed by atoms with Gasteiger partial charge >= 0.3 is 0 Å². The summed E-state index contributed by atoms with van der Waals surface area (Å²) in [6.45, 7) is -0.121. The molecule has 0 spiro atoms. The van der Waals surface area contributed by atoms with E-state index in [2.05, 4.69) is 5.32 Å². The maximum Gasteiger partial charge on any atom is 0.282 e. The Morgan fingerprint density at radius 3 is 2.74 bits per heavy atom. The fraction of sp³-hybridized carbons (Fsp3) is 0.500. The molecule has 0 aromatic heterocycles. The van der Waals surface area contributed by atoms with Crippen LogP contribution in [0.1, 0.15) is 24.9 Å². The van der Waals surface area contributed by atoms with Crippen molar-refractivity contribution in [3.63, 3.8) is 0 Å². The van der Waals surface area contributed by atoms with Crippen molar-refractivity contribution >= 4 is 5.69 Å². The van der Waals surface area contributed by atoms with Gasteiger partial charge in [-0.25, -0.2) is 8.78 Å². The van der Waals surface area contributed by atoms with Crippen molar-refractivity contribution in [2.24, 2.45) is 0 Å². The predicted molar refractivity (Wildman–Crippen MR) is 66.2 cm³/mol. The van der Waals surface area contributed by atoms with Crippen LogP contribution in [0.15, 0.2) is 24.3 Å². The highest BCUT2D eigenvalue weighted by Gasteiger charge is 2.28. The highest BCUT2D eigenvalue weighted by molar-refractivity contribution is 5.35. The highest BCUT2D eigenvalue weighted by Crippen LogP contribution is 2.22. The van der Waals surface area contributed by atoms with Crippen LogP contribution in [-0.4, -0.2) is 29.1 Å². The molecular weight excluding hydrogens is 258 g/mol. The number of nitro groups is 1. The largest absolute Gasteiger partial charge is 0.390 e. The Morgan fingerprint density at radius 2 is 2.21 bits per heavy atom. The third-order valence-electron chi connectivity index (χ3n) is 2.73. The molecule has 0 bridgehead atoms. The van der Waals surface area contributed by atoms with Gasteiger partial charge in [-0.15, -0.1) is 0 Å². The molecule has 0 aliphatic carbocycles. The summed E-state index contributed by atoms with van der Waals surface area (Å²) in [7, 11) is 0. The lowest BCUT2D eigenvalue weighted by atomic mass is 10.0. The molecular formula is C12H16F2N2O3. The van der Waals surface area contributed by atoms with Gasteiger partial charge < -0.3 is 10.4 Å². The number of aliphatic hydroxyl groups is 1. The monoisotopic (exact) mass is 274 g/mol. The number of non-ortho nitro benzene ring substituents is 1. The number of nitro benzene ring substituents is 1. The van der Waals surface area contributed by atoms with E-state index >= 15 is 0 Å². The number of alkyl halides is 2. The van der Waals surface area contributed by atoms with Gasteiger partial charge in [0.25, 0.3) is 11.6 Å². The zero-order chi connectivity index (χ0) is 14.5. The lowest BCUT2D eigenvalue weighted by Crippen LogP contribution is -2.37. The van der Waals surface area contributed by atoms with Gasteiger partial charge in [-0.3, -0.25) is 10.1 Å². The quantitative estimate of drug-likeness (QED) is 0.590. The SMILES string of the molecule is CCC(NCC(F)(F)CO)c1cccc([N+](=O)[O-])c1. The van der Waals surface area contributed by atoms with Crippen LogP contribution in [0.25, 0.3) is 0 Å². The van der Waals surface area contributed by atoms with Gasteiger partial charge in [0.05, 0.1) is 11.5 Å². The highest BCUT2D eigenvalue weighted by atomic mass is 19.3. The molecule has 5 nitrogen and oxygen atoms in total. The van der Waals surface area contributed by atoms with Crippen LogP contribution in [0.5, 0.6) is 0 Å². The molecule has 106 valence electrons. The van der Waals surface area contributed by atoms with Crippen LogP contribution in [0, 0.1) is 10.1 Å². The Balaban J connectivity index is 2.80. The number of hydrogen-bond acceptors (Lipinski definition) is 4. The Morgan fingerprint density at radius 1 is 1.53 bits per heavy atom. The van der Waals surface area contributed by atoms with E-state index in [4.69, 9.17) is 5.11 Å². The Kier molecular flexibility index (Phi) is 5.31. The van der Waals surface area contributed by atoms with Gasteiger partial charge in [-0.05, 0) is 12.0 Å². The van der Waals surface area contributed by atoms with E-state index in [-0.39, 0.29) is 5.69 Å². The zero-order valence-corrected chi connectivity index (χ0v) is 10.5. The van der Waals surface area contributed by atoms with Crippen molar-refractivity contribution in [1.82, 2.24) is 5.32 Å². The van der Waals surface area contributed by atoms with Gasteiger partial charge in [0.2, 0.25) is 0 Å². The summed E-state index contributed by atoms with van der Waals surface area (Å²) in [5, 5.41) is 21.8. The van der Waals surface area contributed by atoms with Gasteiger partial charge in [-0.1, -0.05) is 19.1 Å². The second-order valence-corrected chi connectivity index (χ2v) is 4.21. The van der Waals surface area contributed by atoms with Crippen molar-refractivity contribution in [2.45, 2.75) is 25.3 Å². The van der Waals surface area contributed by atoms with Crippen LogP contribution < -0.4 is 5.32 Å². The summed E-state index contributed by atoms with van der Waals surface area (Å²) >= 11 is 0. The van der Waals surface area contributed by atoms with E-state index in [1.165, 1.54) is 18.2 Å². The minimum atomic E-state index is -3.20. The first-order valence-electron chi connectivity index (χ1n) is 5.86. The average Bonchev–Trinajstić information content (AvgIpc) is 2.39. The Hall–Kier alpha value is -1.60. The molecule has 0 aliphatic rings. The fourth-order valence-electron chi connectivity index (χ4n) is 1.68. The Bertz CT molecular complexity index is 441. The van der Waals surface area contributed by atoms with E-state index in [1.807, 2.05) is 0 Å². The van der Waals surface area contributed by atoms with Gasteiger partial charge in [0, 0.05) is 18.2 Å². The molecule has 0 saturated carbocycles. The second-order valence-electron chi connectivity index (χ2n) is 4.21. The minimum Gasteiger partial charge on any atom is -0.390 e.